The van der Waals surface area contributed by atoms with Crippen LogP contribution in [0.15, 0.2) is 30.3 Å². The minimum absolute atomic E-state index is 0.351. The first-order valence-electron chi connectivity index (χ1n) is 3.87. The lowest BCUT2D eigenvalue weighted by Crippen LogP contribution is -1.91. The predicted molar refractivity (Wildman–Crippen MR) is 67.0 cm³/mol. The molecule has 0 aliphatic heterocycles. The maximum absolute atomic E-state index is 5.97. The smallest absolute Gasteiger partial charge is 0.0478 e. The predicted octanol–water partition coefficient (Wildman–Crippen LogP) is 4.51. The van der Waals surface area contributed by atoms with Crippen LogP contribution in [0.25, 0.3) is 6.08 Å². The van der Waals surface area contributed by atoms with Gasteiger partial charge in [0.15, 0.2) is 0 Å². The van der Waals surface area contributed by atoms with E-state index in [9.17, 15) is 0 Å². The van der Waals surface area contributed by atoms with Crippen molar-refractivity contribution in [3.63, 3.8) is 0 Å². The van der Waals surface area contributed by atoms with E-state index in [4.69, 9.17) is 11.6 Å². The zero-order valence-corrected chi connectivity index (χ0v) is 10.8. The summed E-state index contributed by atoms with van der Waals surface area (Å²) in [7, 11) is 0. The number of halogens is 3. The molecule has 0 bridgehead atoms. The van der Waals surface area contributed by atoms with Crippen LogP contribution in [0.4, 0.5) is 0 Å². The zero-order chi connectivity index (χ0) is 9.68. The second-order valence-electron chi connectivity index (χ2n) is 2.55. The molecule has 0 aliphatic carbocycles. The van der Waals surface area contributed by atoms with Gasteiger partial charge in [-0.15, -0.1) is 0 Å². The number of hydrogen-bond donors (Lipinski definition) is 0. The van der Waals surface area contributed by atoms with Crippen LogP contribution in [0.5, 0.6) is 0 Å². The maximum atomic E-state index is 5.97. The van der Waals surface area contributed by atoms with Gasteiger partial charge in [0.1, 0.15) is 0 Å². The molecule has 0 saturated carbocycles. The molecule has 1 atom stereocenters. The third-order valence-corrected chi connectivity index (χ3v) is 4.08. The first kappa shape index (κ1) is 11.3. The largest absolute Gasteiger partial charge is 0.0913 e. The summed E-state index contributed by atoms with van der Waals surface area (Å²) in [6.45, 7) is 0. The summed E-state index contributed by atoms with van der Waals surface area (Å²) in [6, 6.07) is 7.78. The van der Waals surface area contributed by atoms with E-state index < -0.39 is 0 Å². The highest BCUT2D eigenvalue weighted by atomic mass is 79.9. The fraction of sp³-hybridized carbons (Fsp3) is 0.200. The van der Waals surface area contributed by atoms with E-state index >= 15 is 0 Å². The number of rotatable bonds is 3. The van der Waals surface area contributed by atoms with Gasteiger partial charge in [0, 0.05) is 15.2 Å². The molecular weight excluding hydrogens is 315 g/mol. The molecule has 0 saturated heterocycles. The van der Waals surface area contributed by atoms with Gasteiger partial charge in [0.05, 0.1) is 0 Å². The van der Waals surface area contributed by atoms with Crippen LogP contribution >= 0.6 is 43.5 Å². The molecule has 0 aliphatic rings. The highest BCUT2D eigenvalue weighted by molar-refractivity contribution is 9.12. The Labute approximate surface area is 100 Å². The molecule has 1 aromatic carbocycles. The van der Waals surface area contributed by atoms with Crippen molar-refractivity contribution in [3.8, 4) is 0 Å². The molecule has 0 heterocycles. The number of alkyl halides is 2. The van der Waals surface area contributed by atoms with Crippen molar-refractivity contribution in [1.29, 1.82) is 0 Å². The van der Waals surface area contributed by atoms with Crippen molar-refractivity contribution in [2.75, 3.05) is 5.33 Å². The average Bonchev–Trinajstić information content (AvgIpc) is 2.16. The summed E-state index contributed by atoms with van der Waals surface area (Å²) in [5.74, 6) is 0. The highest BCUT2D eigenvalue weighted by Crippen LogP contribution is 2.17. The van der Waals surface area contributed by atoms with E-state index in [2.05, 4.69) is 37.9 Å². The summed E-state index contributed by atoms with van der Waals surface area (Å²) in [4.78, 5) is 0.351. The molecular formula is C10H9Br2Cl. The van der Waals surface area contributed by atoms with Gasteiger partial charge >= 0.3 is 0 Å². The van der Waals surface area contributed by atoms with Gasteiger partial charge in [-0.1, -0.05) is 73.8 Å². The summed E-state index contributed by atoms with van der Waals surface area (Å²) < 4.78 is 0. The van der Waals surface area contributed by atoms with Crippen LogP contribution in [0, 0.1) is 0 Å². The first-order chi connectivity index (χ1) is 6.24. The molecule has 0 radical (unpaired) electrons. The molecule has 13 heavy (non-hydrogen) atoms. The van der Waals surface area contributed by atoms with E-state index in [1.807, 2.05) is 30.3 Å². The van der Waals surface area contributed by atoms with Gasteiger partial charge in [-0.3, -0.25) is 0 Å². The Morgan fingerprint density at radius 1 is 1.38 bits per heavy atom. The third kappa shape index (κ3) is 3.84. The van der Waals surface area contributed by atoms with Crippen LogP contribution in [0.1, 0.15) is 5.56 Å². The van der Waals surface area contributed by atoms with Crippen LogP contribution in [-0.2, 0) is 0 Å². The van der Waals surface area contributed by atoms with Crippen molar-refractivity contribution in [2.24, 2.45) is 0 Å². The Morgan fingerprint density at radius 3 is 2.69 bits per heavy atom. The number of benzene rings is 1. The molecule has 70 valence electrons. The van der Waals surface area contributed by atoms with Crippen LogP contribution in [0.2, 0.25) is 5.02 Å². The quantitative estimate of drug-likeness (QED) is 0.718. The number of allylic oxidation sites excluding steroid dienone is 1. The van der Waals surface area contributed by atoms with E-state index in [1.54, 1.807) is 0 Å². The molecule has 0 fully saturated rings. The molecule has 1 aromatic rings. The number of hydrogen-bond acceptors (Lipinski definition) is 0. The Bertz CT molecular complexity index is 297. The molecule has 0 spiro atoms. The highest BCUT2D eigenvalue weighted by Gasteiger charge is 1.96. The van der Waals surface area contributed by atoms with E-state index in [1.165, 1.54) is 0 Å². The summed E-state index contributed by atoms with van der Waals surface area (Å²) in [6.07, 6.45) is 4.08. The van der Waals surface area contributed by atoms with Crippen LogP contribution < -0.4 is 0 Å². The maximum Gasteiger partial charge on any atom is 0.0478 e. The summed E-state index contributed by atoms with van der Waals surface area (Å²) in [5, 5.41) is 1.68. The normalized spacial score (nSPS) is 13.5. The standard InChI is InChI=1S/C10H9Br2Cl/c11-7-9(12)6-5-8-3-1-2-4-10(8)13/h1-6,9H,7H2/b6-5+. The topological polar surface area (TPSA) is 0 Å². The minimum atomic E-state index is 0.351. The van der Waals surface area contributed by atoms with Gasteiger partial charge in [-0.25, -0.2) is 0 Å². The Kier molecular flexibility index (Phi) is 5.07. The monoisotopic (exact) mass is 322 g/mol. The lowest BCUT2D eigenvalue weighted by molar-refractivity contribution is 1.32. The Hall–Kier alpha value is 0.210. The fourth-order valence-corrected chi connectivity index (χ4v) is 1.44. The van der Waals surface area contributed by atoms with Gasteiger partial charge < -0.3 is 0 Å². The summed E-state index contributed by atoms with van der Waals surface area (Å²) in [5.41, 5.74) is 1.05. The second kappa shape index (κ2) is 5.84. The van der Waals surface area contributed by atoms with Crippen LogP contribution in [0.3, 0.4) is 0 Å². The molecule has 0 aromatic heterocycles. The second-order valence-corrected chi connectivity index (χ2v) is 4.78. The van der Waals surface area contributed by atoms with Crippen LogP contribution in [-0.4, -0.2) is 10.2 Å². The van der Waals surface area contributed by atoms with E-state index in [0.717, 1.165) is 15.9 Å². The molecule has 1 unspecified atom stereocenters. The van der Waals surface area contributed by atoms with Gasteiger partial charge in [0.2, 0.25) is 0 Å². The average molecular weight is 324 g/mol. The molecule has 0 nitrogen and oxygen atoms in total. The van der Waals surface area contributed by atoms with E-state index in [0.29, 0.717) is 4.83 Å². The zero-order valence-electron chi connectivity index (χ0n) is 6.88. The Morgan fingerprint density at radius 2 is 2.08 bits per heavy atom. The van der Waals surface area contributed by atoms with Gasteiger partial charge in [-0.2, -0.15) is 0 Å². The molecule has 1 rings (SSSR count). The molecule has 0 amide bonds. The SMILES string of the molecule is Clc1ccccc1/C=C/C(Br)CBr. The molecule has 3 heteroatoms. The third-order valence-electron chi connectivity index (χ3n) is 1.54. The van der Waals surface area contributed by atoms with Gasteiger partial charge in [-0.05, 0) is 11.6 Å². The minimum Gasteiger partial charge on any atom is -0.0913 e. The van der Waals surface area contributed by atoms with Gasteiger partial charge in [0.25, 0.3) is 0 Å². The lowest BCUT2D eigenvalue weighted by atomic mass is 10.2. The lowest BCUT2D eigenvalue weighted by Gasteiger charge is -1.98. The fourth-order valence-electron chi connectivity index (χ4n) is 0.870. The van der Waals surface area contributed by atoms with Crippen molar-refractivity contribution in [3.05, 3.63) is 40.9 Å². The Balaban J connectivity index is 2.74. The molecule has 0 N–H and O–H groups in total. The summed E-state index contributed by atoms with van der Waals surface area (Å²) >= 11 is 12.8. The van der Waals surface area contributed by atoms with Crippen molar-refractivity contribution >= 4 is 49.5 Å². The van der Waals surface area contributed by atoms with E-state index in [-0.39, 0.29) is 0 Å². The van der Waals surface area contributed by atoms with Crippen molar-refractivity contribution in [2.45, 2.75) is 4.83 Å². The van der Waals surface area contributed by atoms with Crippen molar-refractivity contribution in [1.82, 2.24) is 0 Å². The first-order valence-corrected chi connectivity index (χ1v) is 6.28. The van der Waals surface area contributed by atoms with Crippen molar-refractivity contribution < 1.29 is 0 Å².